The Bertz CT molecular complexity index is 924. The van der Waals surface area contributed by atoms with E-state index in [2.05, 4.69) is 26.1 Å². The predicted octanol–water partition coefficient (Wildman–Crippen LogP) is 3.93. The second-order valence-corrected chi connectivity index (χ2v) is 8.80. The molecule has 0 aliphatic rings. The van der Waals surface area contributed by atoms with Gasteiger partial charge in [0.1, 0.15) is 5.58 Å². The van der Waals surface area contributed by atoms with Crippen molar-refractivity contribution < 1.29 is 18.7 Å². The van der Waals surface area contributed by atoms with Crippen molar-refractivity contribution in [3.8, 4) is 0 Å². The first kappa shape index (κ1) is 21.0. The zero-order chi connectivity index (χ0) is 20.4. The van der Waals surface area contributed by atoms with Gasteiger partial charge in [-0.25, -0.2) is 4.79 Å². The molecule has 27 heavy (non-hydrogen) atoms. The van der Waals surface area contributed by atoms with Gasteiger partial charge in [-0.05, 0) is 43.9 Å². The minimum atomic E-state index is -0.882. The number of rotatable bonds is 5. The van der Waals surface area contributed by atoms with Crippen molar-refractivity contribution >= 4 is 34.4 Å². The smallest absolute Gasteiger partial charge is 0.374 e. The molecule has 1 aromatic heterocycles. The van der Waals surface area contributed by atoms with Gasteiger partial charge in [0.25, 0.3) is 5.91 Å². The molecule has 1 heterocycles. The summed E-state index contributed by atoms with van der Waals surface area (Å²) in [5.74, 6) is -1.57. The van der Waals surface area contributed by atoms with Crippen molar-refractivity contribution in [1.82, 2.24) is 5.32 Å². The van der Waals surface area contributed by atoms with Crippen LogP contribution in [0.1, 0.15) is 51.6 Å². The van der Waals surface area contributed by atoms with Gasteiger partial charge in [0.2, 0.25) is 5.76 Å². The van der Waals surface area contributed by atoms with Crippen molar-refractivity contribution in [1.29, 1.82) is 0 Å². The van der Waals surface area contributed by atoms with E-state index in [1.165, 1.54) is 12.1 Å². The zero-order valence-electron chi connectivity index (χ0n) is 16.1. The van der Waals surface area contributed by atoms with Crippen molar-refractivity contribution in [3.05, 3.63) is 45.3 Å². The van der Waals surface area contributed by atoms with Crippen LogP contribution in [0.3, 0.4) is 0 Å². The Balaban J connectivity index is 2.03. The van der Waals surface area contributed by atoms with Crippen LogP contribution in [0, 0.1) is 5.41 Å². The first-order valence-electron chi connectivity index (χ1n) is 8.58. The van der Waals surface area contributed by atoms with Crippen molar-refractivity contribution in [3.63, 3.8) is 0 Å². The molecular weight excluding hydrogens is 370 g/mol. The van der Waals surface area contributed by atoms with Crippen molar-refractivity contribution in [2.45, 2.75) is 46.6 Å². The summed E-state index contributed by atoms with van der Waals surface area (Å²) in [5, 5.41) is 3.50. The lowest BCUT2D eigenvalue weighted by atomic mass is 9.82. The summed E-state index contributed by atoms with van der Waals surface area (Å²) >= 11 is 5.85. The fraction of sp³-hybridized carbons (Fsp3) is 0.450. The third kappa shape index (κ3) is 6.10. The Morgan fingerprint density at radius 2 is 1.81 bits per heavy atom. The molecule has 0 unspecified atom stereocenters. The maximum absolute atomic E-state index is 12.1. The second kappa shape index (κ2) is 7.72. The summed E-state index contributed by atoms with van der Waals surface area (Å²) in [7, 11) is 0. The van der Waals surface area contributed by atoms with E-state index in [1.807, 2.05) is 13.8 Å². The monoisotopic (exact) mass is 393 g/mol. The molecule has 0 aliphatic carbocycles. The van der Waals surface area contributed by atoms with Crippen LogP contribution in [0.15, 0.2) is 33.5 Å². The quantitative estimate of drug-likeness (QED) is 0.777. The molecule has 0 atom stereocenters. The molecule has 0 saturated carbocycles. The van der Waals surface area contributed by atoms with Gasteiger partial charge in [-0.3, -0.25) is 9.59 Å². The third-order valence-electron chi connectivity index (χ3n) is 3.67. The molecule has 0 radical (unpaired) electrons. The molecule has 2 aromatic rings. The maximum atomic E-state index is 12.1. The van der Waals surface area contributed by atoms with Gasteiger partial charge in [-0.1, -0.05) is 32.4 Å². The zero-order valence-corrected chi connectivity index (χ0v) is 16.9. The standard InChI is InChI=1S/C20H24ClNO5/c1-19(2,3)11-20(4,5)22-17(24)10-26-18(25)16-9-14(23)13-8-12(21)6-7-15(13)27-16/h6-9H,10-11H2,1-5H3,(H,22,24). The van der Waals surface area contributed by atoms with Crippen molar-refractivity contribution in [2.24, 2.45) is 5.41 Å². The highest BCUT2D eigenvalue weighted by Crippen LogP contribution is 2.26. The molecule has 0 spiro atoms. The minimum Gasteiger partial charge on any atom is -0.450 e. The second-order valence-electron chi connectivity index (χ2n) is 8.36. The number of carbonyl (C=O) groups is 2. The van der Waals surface area contributed by atoms with Gasteiger partial charge >= 0.3 is 5.97 Å². The molecule has 146 valence electrons. The number of benzene rings is 1. The van der Waals surface area contributed by atoms with Crippen molar-refractivity contribution in [2.75, 3.05) is 6.61 Å². The van der Waals surface area contributed by atoms with Gasteiger partial charge < -0.3 is 14.5 Å². The molecule has 6 nitrogen and oxygen atoms in total. The first-order valence-corrected chi connectivity index (χ1v) is 8.96. The SMILES string of the molecule is CC(C)(C)CC(C)(C)NC(=O)COC(=O)c1cc(=O)c2cc(Cl)ccc2o1. The number of hydrogen-bond donors (Lipinski definition) is 1. The highest BCUT2D eigenvalue weighted by Gasteiger charge is 2.27. The average Bonchev–Trinajstić information content (AvgIpc) is 2.50. The fourth-order valence-corrected chi connectivity index (χ4v) is 3.39. The summed E-state index contributed by atoms with van der Waals surface area (Å²) in [6.45, 7) is 9.59. The normalized spacial score (nSPS) is 12.1. The molecule has 1 aromatic carbocycles. The fourth-order valence-electron chi connectivity index (χ4n) is 3.21. The maximum Gasteiger partial charge on any atom is 0.374 e. The van der Waals surface area contributed by atoms with E-state index in [9.17, 15) is 14.4 Å². The van der Waals surface area contributed by atoms with E-state index < -0.39 is 29.5 Å². The van der Waals surface area contributed by atoms with Crippen LogP contribution in [0.5, 0.6) is 0 Å². The number of halogens is 1. The highest BCUT2D eigenvalue weighted by molar-refractivity contribution is 6.31. The Morgan fingerprint density at radius 1 is 1.15 bits per heavy atom. The van der Waals surface area contributed by atoms with E-state index in [0.717, 1.165) is 12.5 Å². The van der Waals surface area contributed by atoms with Crippen LogP contribution < -0.4 is 10.7 Å². The van der Waals surface area contributed by atoms with Gasteiger partial charge in [-0.2, -0.15) is 0 Å². The number of amides is 1. The highest BCUT2D eigenvalue weighted by atomic mass is 35.5. The van der Waals surface area contributed by atoms with Crippen LogP contribution in [0.25, 0.3) is 11.0 Å². The van der Waals surface area contributed by atoms with Crippen LogP contribution in [-0.4, -0.2) is 24.0 Å². The van der Waals surface area contributed by atoms with Crippen LogP contribution in [-0.2, 0) is 9.53 Å². The van der Waals surface area contributed by atoms with Crippen LogP contribution in [0.4, 0.5) is 0 Å². The number of carbonyl (C=O) groups excluding carboxylic acids is 2. The Morgan fingerprint density at radius 3 is 2.44 bits per heavy atom. The lowest BCUT2D eigenvalue weighted by Crippen LogP contribution is -2.47. The van der Waals surface area contributed by atoms with E-state index in [4.69, 9.17) is 20.8 Å². The minimum absolute atomic E-state index is 0.0326. The number of fused-ring (bicyclic) bond motifs is 1. The molecule has 0 saturated heterocycles. The lowest BCUT2D eigenvalue weighted by Gasteiger charge is -2.33. The van der Waals surface area contributed by atoms with Gasteiger partial charge in [0.05, 0.1) is 5.39 Å². The molecule has 0 aliphatic heterocycles. The summed E-state index contributed by atoms with van der Waals surface area (Å²) in [6, 6.07) is 5.54. The number of nitrogens with one attached hydrogen (secondary N) is 1. The predicted molar refractivity (Wildman–Crippen MR) is 104 cm³/mol. The first-order chi connectivity index (χ1) is 12.4. The summed E-state index contributed by atoms with van der Waals surface area (Å²) in [5.41, 5.74) is -0.613. The molecule has 0 bridgehead atoms. The summed E-state index contributed by atoms with van der Waals surface area (Å²) in [4.78, 5) is 36.4. The summed E-state index contributed by atoms with van der Waals surface area (Å²) in [6.07, 6.45) is 0.752. The Kier molecular flexibility index (Phi) is 6.00. The topological polar surface area (TPSA) is 85.6 Å². The average molecular weight is 394 g/mol. The molecule has 7 heteroatoms. The molecule has 1 N–H and O–H groups in total. The van der Waals surface area contributed by atoms with Gasteiger partial charge in [-0.15, -0.1) is 0 Å². The molecule has 2 rings (SSSR count). The Labute approximate surface area is 162 Å². The van der Waals surface area contributed by atoms with Gasteiger partial charge in [0.15, 0.2) is 12.0 Å². The van der Waals surface area contributed by atoms with E-state index >= 15 is 0 Å². The molecular formula is C20H24ClNO5. The third-order valence-corrected chi connectivity index (χ3v) is 3.91. The lowest BCUT2D eigenvalue weighted by molar-refractivity contribution is -0.126. The molecule has 0 fully saturated rings. The Hall–Kier alpha value is -2.34. The number of esters is 1. The van der Waals surface area contributed by atoms with Gasteiger partial charge in [0, 0.05) is 16.6 Å². The molecule has 1 amide bonds. The van der Waals surface area contributed by atoms with E-state index in [-0.39, 0.29) is 22.1 Å². The van der Waals surface area contributed by atoms with E-state index in [1.54, 1.807) is 6.07 Å². The summed E-state index contributed by atoms with van der Waals surface area (Å²) < 4.78 is 10.4. The number of hydrogen-bond acceptors (Lipinski definition) is 5. The number of ether oxygens (including phenoxy) is 1. The van der Waals surface area contributed by atoms with Crippen LogP contribution in [0.2, 0.25) is 5.02 Å². The largest absolute Gasteiger partial charge is 0.450 e. The van der Waals surface area contributed by atoms with E-state index in [0.29, 0.717) is 5.02 Å². The van der Waals surface area contributed by atoms with Crippen LogP contribution >= 0.6 is 11.6 Å².